The second-order valence-corrected chi connectivity index (χ2v) is 7.44. The first-order chi connectivity index (χ1) is 15.1. The number of amides is 1. The molecule has 0 fully saturated rings. The number of aliphatic imine (C=N–C) groups is 1. The number of aromatic amines is 1. The Balaban J connectivity index is 1.66. The maximum absolute atomic E-state index is 13.1. The van der Waals surface area contributed by atoms with E-state index in [4.69, 9.17) is 4.99 Å². The lowest BCUT2D eigenvalue weighted by atomic mass is 9.96. The minimum Gasteiger partial charge on any atom is -0.478 e. The van der Waals surface area contributed by atoms with Gasteiger partial charge < -0.3 is 15.4 Å². The molecule has 0 aliphatic carbocycles. The van der Waals surface area contributed by atoms with Crippen molar-refractivity contribution in [2.45, 2.75) is 12.5 Å². The second-order valence-electron chi connectivity index (χ2n) is 7.44. The Labute approximate surface area is 178 Å². The molecule has 152 valence electrons. The molecule has 1 aliphatic heterocycles. The minimum atomic E-state index is -1.03. The Morgan fingerprint density at radius 1 is 0.935 bits per heavy atom. The molecule has 1 atom stereocenters. The highest BCUT2D eigenvalue weighted by Gasteiger charge is 2.28. The van der Waals surface area contributed by atoms with E-state index >= 15 is 0 Å². The van der Waals surface area contributed by atoms with E-state index in [1.165, 1.54) is 0 Å². The standard InChI is InChI=1S/C25H19N3O3/c29-24-22(13-15-14-26-20-11-5-3-7-16(15)20)27-23(19-10-4-6-12-21(19)28-24)17-8-1-2-9-18(17)25(30)31/h1-12,14,22,26H,13H2,(H,28,29)(H,30,31). The molecule has 0 spiro atoms. The Morgan fingerprint density at radius 3 is 2.48 bits per heavy atom. The number of nitrogens with zero attached hydrogens (tertiary/aromatic N) is 1. The van der Waals surface area contributed by atoms with E-state index in [9.17, 15) is 14.7 Å². The van der Waals surface area contributed by atoms with Crippen LogP contribution in [0.25, 0.3) is 10.9 Å². The summed E-state index contributed by atoms with van der Waals surface area (Å²) in [7, 11) is 0. The highest BCUT2D eigenvalue weighted by Crippen LogP contribution is 2.28. The fourth-order valence-corrected chi connectivity index (χ4v) is 4.04. The van der Waals surface area contributed by atoms with Gasteiger partial charge in [-0.15, -0.1) is 0 Å². The third kappa shape index (κ3) is 3.38. The maximum atomic E-state index is 13.1. The fraction of sp³-hybridized carbons (Fsp3) is 0.0800. The number of H-pyrrole nitrogens is 1. The van der Waals surface area contributed by atoms with Gasteiger partial charge in [-0.3, -0.25) is 9.79 Å². The van der Waals surface area contributed by atoms with Crippen molar-refractivity contribution in [1.29, 1.82) is 0 Å². The summed E-state index contributed by atoms with van der Waals surface area (Å²) in [5.41, 5.74) is 4.43. The number of carbonyl (C=O) groups excluding carboxylic acids is 1. The second kappa shape index (κ2) is 7.57. The van der Waals surface area contributed by atoms with Gasteiger partial charge in [0, 0.05) is 34.6 Å². The Morgan fingerprint density at radius 2 is 1.65 bits per heavy atom. The van der Waals surface area contributed by atoms with Crippen LogP contribution in [0, 0.1) is 0 Å². The number of aromatic nitrogens is 1. The number of carbonyl (C=O) groups is 2. The lowest BCUT2D eigenvalue weighted by Crippen LogP contribution is -2.27. The molecule has 0 radical (unpaired) electrons. The van der Waals surface area contributed by atoms with Crippen LogP contribution in [0.3, 0.4) is 0 Å². The van der Waals surface area contributed by atoms with Crippen LogP contribution < -0.4 is 5.32 Å². The van der Waals surface area contributed by atoms with Crippen molar-refractivity contribution < 1.29 is 14.7 Å². The van der Waals surface area contributed by atoms with Crippen molar-refractivity contribution in [2.75, 3.05) is 5.32 Å². The van der Waals surface area contributed by atoms with Gasteiger partial charge in [-0.2, -0.15) is 0 Å². The lowest BCUT2D eigenvalue weighted by molar-refractivity contribution is -0.117. The number of fused-ring (bicyclic) bond motifs is 2. The summed E-state index contributed by atoms with van der Waals surface area (Å²) in [5, 5.41) is 13.7. The maximum Gasteiger partial charge on any atom is 0.336 e. The Hall–Kier alpha value is -4.19. The van der Waals surface area contributed by atoms with Crippen LogP contribution >= 0.6 is 0 Å². The van der Waals surface area contributed by atoms with Crippen molar-refractivity contribution >= 4 is 34.2 Å². The normalized spacial score (nSPS) is 15.7. The van der Waals surface area contributed by atoms with Crippen LogP contribution in [0.1, 0.15) is 27.0 Å². The van der Waals surface area contributed by atoms with Gasteiger partial charge in [-0.05, 0) is 23.8 Å². The van der Waals surface area contributed by atoms with Gasteiger partial charge >= 0.3 is 5.97 Å². The van der Waals surface area contributed by atoms with Gasteiger partial charge in [-0.25, -0.2) is 4.79 Å². The minimum absolute atomic E-state index is 0.149. The monoisotopic (exact) mass is 409 g/mol. The largest absolute Gasteiger partial charge is 0.478 e. The molecule has 1 aromatic heterocycles. The van der Waals surface area contributed by atoms with Crippen molar-refractivity contribution in [1.82, 2.24) is 4.98 Å². The first-order valence-corrected chi connectivity index (χ1v) is 9.97. The van der Waals surface area contributed by atoms with E-state index < -0.39 is 12.0 Å². The summed E-state index contributed by atoms with van der Waals surface area (Å²) in [5.74, 6) is -1.26. The molecule has 5 rings (SSSR count). The van der Waals surface area contributed by atoms with Crippen molar-refractivity contribution in [3.8, 4) is 0 Å². The number of anilines is 1. The molecule has 0 saturated heterocycles. The van der Waals surface area contributed by atoms with Crippen molar-refractivity contribution in [2.24, 2.45) is 4.99 Å². The highest BCUT2D eigenvalue weighted by molar-refractivity contribution is 6.22. The molecule has 31 heavy (non-hydrogen) atoms. The summed E-state index contributed by atoms with van der Waals surface area (Å²) < 4.78 is 0. The molecule has 2 heterocycles. The first-order valence-electron chi connectivity index (χ1n) is 9.97. The molecular formula is C25H19N3O3. The zero-order valence-electron chi connectivity index (χ0n) is 16.5. The van der Waals surface area contributed by atoms with E-state index in [-0.39, 0.29) is 11.5 Å². The number of carboxylic acid groups (broad SMARTS) is 1. The van der Waals surface area contributed by atoms with E-state index in [0.717, 1.165) is 16.5 Å². The number of benzene rings is 3. The third-order valence-corrected chi connectivity index (χ3v) is 5.53. The molecule has 1 unspecified atom stereocenters. The number of aromatic carboxylic acids is 1. The summed E-state index contributed by atoms with van der Waals surface area (Å²) in [4.78, 5) is 33.0. The summed E-state index contributed by atoms with van der Waals surface area (Å²) in [6, 6.07) is 21.3. The zero-order chi connectivity index (χ0) is 21.4. The van der Waals surface area contributed by atoms with E-state index in [1.54, 1.807) is 30.3 Å². The lowest BCUT2D eigenvalue weighted by Gasteiger charge is -2.12. The molecule has 4 aromatic rings. The number of benzodiazepines with no additional fused rings is 1. The quantitative estimate of drug-likeness (QED) is 0.470. The summed E-state index contributed by atoms with van der Waals surface area (Å²) in [6.45, 7) is 0. The van der Waals surface area contributed by atoms with Crippen LogP contribution in [0.15, 0.2) is 84.0 Å². The molecule has 0 bridgehead atoms. The van der Waals surface area contributed by atoms with Gasteiger partial charge in [0.1, 0.15) is 6.04 Å². The van der Waals surface area contributed by atoms with Gasteiger partial charge in [0.15, 0.2) is 0 Å². The van der Waals surface area contributed by atoms with E-state index in [2.05, 4.69) is 10.3 Å². The molecular weight excluding hydrogens is 390 g/mol. The number of hydrogen-bond acceptors (Lipinski definition) is 3. The average Bonchev–Trinajstić information content (AvgIpc) is 3.13. The van der Waals surface area contributed by atoms with Crippen LogP contribution in [-0.2, 0) is 11.2 Å². The van der Waals surface area contributed by atoms with Crippen LogP contribution in [0.2, 0.25) is 0 Å². The van der Waals surface area contributed by atoms with Gasteiger partial charge in [0.25, 0.3) is 0 Å². The number of nitrogens with one attached hydrogen (secondary N) is 2. The van der Waals surface area contributed by atoms with Crippen molar-refractivity contribution in [3.05, 3.63) is 101 Å². The molecule has 1 aliphatic rings. The number of rotatable bonds is 4. The molecule has 3 aromatic carbocycles. The highest BCUT2D eigenvalue weighted by atomic mass is 16.4. The molecule has 1 amide bonds. The fourth-order valence-electron chi connectivity index (χ4n) is 4.04. The van der Waals surface area contributed by atoms with Crippen LogP contribution in [0.4, 0.5) is 5.69 Å². The molecule has 6 heteroatoms. The van der Waals surface area contributed by atoms with E-state index in [0.29, 0.717) is 28.9 Å². The van der Waals surface area contributed by atoms with Gasteiger partial charge in [-0.1, -0.05) is 54.6 Å². The third-order valence-electron chi connectivity index (χ3n) is 5.53. The van der Waals surface area contributed by atoms with Crippen LogP contribution in [-0.4, -0.2) is 33.7 Å². The SMILES string of the molecule is O=C(O)c1ccccc1C1=NC(Cc2c[nH]c3ccccc23)C(=O)Nc2ccccc21. The number of para-hydroxylation sites is 2. The smallest absolute Gasteiger partial charge is 0.336 e. The average molecular weight is 409 g/mol. The molecule has 0 saturated carbocycles. The Kier molecular flexibility index (Phi) is 4.59. The predicted molar refractivity (Wildman–Crippen MR) is 120 cm³/mol. The van der Waals surface area contributed by atoms with Gasteiger partial charge in [0.2, 0.25) is 5.91 Å². The first kappa shape index (κ1) is 18.8. The zero-order valence-corrected chi connectivity index (χ0v) is 16.5. The van der Waals surface area contributed by atoms with Crippen LogP contribution in [0.5, 0.6) is 0 Å². The summed E-state index contributed by atoms with van der Waals surface area (Å²) in [6.07, 6.45) is 2.29. The van der Waals surface area contributed by atoms with Crippen molar-refractivity contribution in [3.63, 3.8) is 0 Å². The summed E-state index contributed by atoms with van der Waals surface area (Å²) >= 11 is 0. The number of carboxylic acids is 1. The predicted octanol–water partition coefficient (Wildman–Crippen LogP) is 4.27. The number of hydrogen-bond donors (Lipinski definition) is 3. The van der Waals surface area contributed by atoms with Gasteiger partial charge in [0.05, 0.1) is 17.0 Å². The van der Waals surface area contributed by atoms with E-state index in [1.807, 2.05) is 48.7 Å². The topological polar surface area (TPSA) is 94.5 Å². The molecule has 3 N–H and O–H groups in total. The molecule has 6 nitrogen and oxygen atoms in total. The Bertz CT molecular complexity index is 1350.